The van der Waals surface area contributed by atoms with Crippen LogP contribution in [0.5, 0.6) is 0 Å². The van der Waals surface area contributed by atoms with Crippen LogP contribution < -0.4 is 16.4 Å². The van der Waals surface area contributed by atoms with Crippen molar-refractivity contribution in [1.29, 1.82) is 0 Å². The van der Waals surface area contributed by atoms with Crippen LogP contribution in [0.25, 0.3) is 0 Å². The van der Waals surface area contributed by atoms with Crippen LogP contribution in [0.3, 0.4) is 0 Å². The minimum absolute atomic E-state index is 0.0535. The van der Waals surface area contributed by atoms with E-state index in [0.29, 0.717) is 23.6 Å². The fraction of sp³-hybridized carbons (Fsp3) is 0.500. The van der Waals surface area contributed by atoms with Gasteiger partial charge in [0.2, 0.25) is 11.8 Å². The summed E-state index contributed by atoms with van der Waals surface area (Å²) >= 11 is 0. The molecule has 2 rings (SSSR count). The second kappa shape index (κ2) is 7.22. The fourth-order valence-corrected chi connectivity index (χ4v) is 2.72. The molecule has 1 aliphatic heterocycles. The van der Waals surface area contributed by atoms with E-state index >= 15 is 0 Å². The Morgan fingerprint density at radius 2 is 2.00 bits per heavy atom. The fourth-order valence-electron chi connectivity index (χ4n) is 2.72. The average Bonchev–Trinajstić information content (AvgIpc) is 2.52. The van der Waals surface area contributed by atoms with Crippen LogP contribution in [0.1, 0.15) is 41.6 Å². The Morgan fingerprint density at radius 3 is 2.67 bits per heavy atom. The molecule has 114 valence electrons. The predicted octanol–water partition coefficient (Wildman–Crippen LogP) is 1.00. The standard InChI is InChI=1S/C16H23N3O2/c1-11(13-4-2-3-5-14(13)15(17)20)16(21)19-10-12-6-8-18-9-7-12/h2-5,11-12,18H,6-10H2,1H3,(H2,17,20)(H,19,21)/t11-/m0/s1. The van der Waals surface area contributed by atoms with Gasteiger partial charge in [-0.2, -0.15) is 0 Å². The van der Waals surface area contributed by atoms with Gasteiger partial charge in [0.1, 0.15) is 0 Å². The van der Waals surface area contributed by atoms with E-state index in [9.17, 15) is 9.59 Å². The predicted molar refractivity (Wildman–Crippen MR) is 82.0 cm³/mol. The van der Waals surface area contributed by atoms with Crippen LogP contribution in [-0.4, -0.2) is 31.4 Å². The highest BCUT2D eigenvalue weighted by Crippen LogP contribution is 2.20. The molecule has 0 saturated carbocycles. The maximum absolute atomic E-state index is 12.3. The maximum Gasteiger partial charge on any atom is 0.249 e. The zero-order valence-electron chi connectivity index (χ0n) is 12.4. The van der Waals surface area contributed by atoms with Gasteiger partial charge in [0.05, 0.1) is 5.92 Å². The molecule has 1 fully saturated rings. The molecule has 21 heavy (non-hydrogen) atoms. The van der Waals surface area contributed by atoms with Crippen molar-refractivity contribution < 1.29 is 9.59 Å². The summed E-state index contributed by atoms with van der Waals surface area (Å²) in [5.74, 6) is -0.393. The summed E-state index contributed by atoms with van der Waals surface area (Å²) in [5.41, 5.74) is 6.47. The molecule has 5 heteroatoms. The second-order valence-electron chi connectivity index (χ2n) is 5.61. The van der Waals surface area contributed by atoms with E-state index in [2.05, 4.69) is 10.6 Å². The molecule has 0 bridgehead atoms. The highest BCUT2D eigenvalue weighted by atomic mass is 16.2. The van der Waals surface area contributed by atoms with Crippen molar-refractivity contribution >= 4 is 11.8 Å². The Morgan fingerprint density at radius 1 is 1.33 bits per heavy atom. The number of piperidine rings is 1. The first kappa shape index (κ1) is 15.5. The van der Waals surface area contributed by atoms with E-state index in [0.717, 1.165) is 25.9 Å². The van der Waals surface area contributed by atoms with Gasteiger partial charge < -0.3 is 16.4 Å². The Balaban J connectivity index is 1.97. The third-order valence-electron chi connectivity index (χ3n) is 4.11. The van der Waals surface area contributed by atoms with Crippen molar-refractivity contribution in [2.75, 3.05) is 19.6 Å². The van der Waals surface area contributed by atoms with Gasteiger partial charge in [-0.1, -0.05) is 18.2 Å². The lowest BCUT2D eigenvalue weighted by molar-refractivity contribution is -0.122. The summed E-state index contributed by atoms with van der Waals surface area (Å²) in [4.78, 5) is 23.7. The van der Waals surface area contributed by atoms with E-state index in [-0.39, 0.29) is 11.8 Å². The van der Waals surface area contributed by atoms with E-state index in [1.54, 1.807) is 25.1 Å². The lowest BCUT2D eigenvalue weighted by atomic mass is 9.93. The molecule has 0 unspecified atom stereocenters. The summed E-state index contributed by atoms with van der Waals surface area (Å²) in [7, 11) is 0. The number of benzene rings is 1. The van der Waals surface area contributed by atoms with E-state index < -0.39 is 5.91 Å². The van der Waals surface area contributed by atoms with E-state index in [1.165, 1.54) is 0 Å². The van der Waals surface area contributed by atoms with Crippen molar-refractivity contribution in [3.8, 4) is 0 Å². The van der Waals surface area contributed by atoms with Crippen LogP contribution in [0.2, 0.25) is 0 Å². The first-order valence-electron chi connectivity index (χ1n) is 7.46. The quantitative estimate of drug-likeness (QED) is 0.756. The minimum Gasteiger partial charge on any atom is -0.366 e. The van der Waals surface area contributed by atoms with Gasteiger partial charge in [0.25, 0.3) is 0 Å². The van der Waals surface area contributed by atoms with Gasteiger partial charge in [-0.3, -0.25) is 9.59 Å². The number of hydrogen-bond acceptors (Lipinski definition) is 3. The number of nitrogens with two attached hydrogens (primary N) is 1. The number of nitrogens with one attached hydrogen (secondary N) is 2. The zero-order chi connectivity index (χ0) is 15.2. The molecule has 1 aromatic carbocycles. The molecule has 0 aliphatic carbocycles. The molecule has 1 heterocycles. The molecule has 5 nitrogen and oxygen atoms in total. The first-order chi connectivity index (χ1) is 10.1. The second-order valence-corrected chi connectivity index (χ2v) is 5.61. The molecule has 2 amide bonds. The molecule has 1 aliphatic rings. The SMILES string of the molecule is C[C@H](C(=O)NCC1CCNCC1)c1ccccc1C(N)=O. The smallest absolute Gasteiger partial charge is 0.249 e. The zero-order valence-corrected chi connectivity index (χ0v) is 12.4. The van der Waals surface area contributed by atoms with Crippen molar-refractivity contribution in [3.63, 3.8) is 0 Å². The lowest BCUT2D eigenvalue weighted by Crippen LogP contribution is -2.37. The van der Waals surface area contributed by atoms with Crippen LogP contribution >= 0.6 is 0 Å². The molecule has 0 aromatic heterocycles. The first-order valence-corrected chi connectivity index (χ1v) is 7.46. The van der Waals surface area contributed by atoms with Gasteiger partial charge >= 0.3 is 0 Å². The number of carbonyl (C=O) groups is 2. The van der Waals surface area contributed by atoms with Gasteiger partial charge in [0, 0.05) is 12.1 Å². The van der Waals surface area contributed by atoms with Crippen molar-refractivity contribution in [2.45, 2.75) is 25.7 Å². The van der Waals surface area contributed by atoms with Gasteiger partial charge in [-0.05, 0) is 50.4 Å². The Labute approximate surface area is 125 Å². The lowest BCUT2D eigenvalue weighted by Gasteiger charge is -2.23. The third-order valence-corrected chi connectivity index (χ3v) is 4.11. The molecule has 4 N–H and O–H groups in total. The Kier molecular flexibility index (Phi) is 5.33. The average molecular weight is 289 g/mol. The normalized spacial score (nSPS) is 17.2. The van der Waals surface area contributed by atoms with Crippen LogP contribution in [0.4, 0.5) is 0 Å². The Bertz CT molecular complexity index is 510. The molecular weight excluding hydrogens is 266 g/mol. The molecule has 0 radical (unpaired) electrons. The summed E-state index contributed by atoms with van der Waals surface area (Å²) < 4.78 is 0. The Hall–Kier alpha value is -1.88. The number of amides is 2. The van der Waals surface area contributed by atoms with Gasteiger partial charge in [-0.25, -0.2) is 0 Å². The summed E-state index contributed by atoms with van der Waals surface area (Å²) in [6.07, 6.45) is 2.18. The van der Waals surface area contributed by atoms with Crippen LogP contribution in [0.15, 0.2) is 24.3 Å². The molecule has 0 spiro atoms. The number of carbonyl (C=O) groups excluding carboxylic acids is 2. The van der Waals surface area contributed by atoms with Crippen molar-refractivity contribution in [3.05, 3.63) is 35.4 Å². The van der Waals surface area contributed by atoms with Crippen molar-refractivity contribution in [1.82, 2.24) is 10.6 Å². The molecular formula is C16H23N3O2. The summed E-state index contributed by atoms with van der Waals surface area (Å²) in [6, 6.07) is 7.02. The summed E-state index contributed by atoms with van der Waals surface area (Å²) in [6.45, 7) is 4.53. The largest absolute Gasteiger partial charge is 0.366 e. The third kappa shape index (κ3) is 4.04. The van der Waals surface area contributed by atoms with Gasteiger partial charge in [-0.15, -0.1) is 0 Å². The molecule has 1 saturated heterocycles. The molecule has 1 atom stereocenters. The number of primary amides is 1. The van der Waals surface area contributed by atoms with Crippen molar-refractivity contribution in [2.24, 2.45) is 11.7 Å². The van der Waals surface area contributed by atoms with Crippen LogP contribution in [0, 0.1) is 5.92 Å². The highest BCUT2D eigenvalue weighted by molar-refractivity contribution is 5.96. The minimum atomic E-state index is -0.497. The maximum atomic E-state index is 12.3. The van der Waals surface area contributed by atoms with Crippen LogP contribution in [-0.2, 0) is 4.79 Å². The van der Waals surface area contributed by atoms with E-state index in [4.69, 9.17) is 5.73 Å². The molecule has 1 aromatic rings. The highest BCUT2D eigenvalue weighted by Gasteiger charge is 2.21. The van der Waals surface area contributed by atoms with E-state index in [1.807, 2.05) is 6.07 Å². The number of hydrogen-bond donors (Lipinski definition) is 3. The summed E-state index contributed by atoms with van der Waals surface area (Å²) in [5, 5.41) is 6.30. The monoisotopic (exact) mass is 289 g/mol. The van der Waals surface area contributed by atoms with Gasteiger partial charge in [0.15, 0.2) is 0 Å². The number of rotatable bonds is 5. The topological polar surface area (TPSA) is 84.2 Å².